The molecule has 1 aromatic carbocycles. The maximum Gasteiger partial charge on any atom is 0.267 e. The van der Waals surface area contributed by atoms with Gasteiger partial charge in [-0.25, -0.2) is 4.98 Å². The molecule has 0 unspecified atom stereocenters. The molecule has 0 radical (unpaired) electrons. The molecule has 0 N–H and O–H groups in total. The molecule has 0 bridgehead atoms. The second-order valence-corrected chi connectivity index (χ2v) is 6.32. The maximum atomic E-state index is 13.3. The lowest BCUT2D eigenvalue weighted by Crippen LogP contribution is -2.29. The molecule has 7 nitrogen and oxygen atoms in total. The van der Waals surface area contributed by atoms with Gasteiger partial charge in [0.25, 0.3) is 5.56 Å². The average molecular weight is 365 g/mol. The summed E-state index contributed by atoms with van der Waals surface area (Å²) in [6.07, 6.45) is 2.15. The molecule has 0 aliphatic rings. The van der Waals surface area contributed by atoms with Crippen molar-refractivity contribution in [3.05, 3.63) is 63.2 Å². The standard InChI is InChI=1S/C20H19N3O4/c1-22-14-8-4-3-7-13(14)17(24)16-19(22)21-18(15-9-5-12-27-15)23(20(16)25)10-6-11-26-2/h3-5,7-9,12H,6,10-11H2,1-2H3. The van der Waals surface area contributed by atoms with Gasteiger partial charge in [-0.05, 0) is 30.7 Å². The summed E-state index contributed by atoms with van der Waals surface area (Å²) in [4.78, 5) is 31.0. The van der Waals surface area contributed by atoms with Gasteiger partial charge in [0.05, 0.1) is 11.8 Å². The Hall–Kier alpha value is -3.19. The summed E-state index contributed by atoms with van der Waals surface area (Å²) >= 11 is 0. The summed E-state index contributed by atoms with van der Waals surface area (Å²) in [7, 11) is 3.41. The van der Waals surface area contributed by atoms with E-state index in [1.54, 1.807) is 43.0 Å². The molecule has 0 amide bonds. The molecule has 4 aromatic rings. The van der Waals surface area contributed by atoms with Crippen molar-refractivity contribution in [1.82, 2.24) is 14.1 Å². The summed E-state index contributed by atoms with van der Waals surface area (Å²) in [5.41, 5.74) is 0.402. The first-order chi connectivity index (χ1) is 13.1. The average Bonchev–Trinajstić information content (AvgIpc) is 3.22. The lowest BCUT2D eigenvalue weighted by atomic mass is 10.1. The van der Waals surface area contributed by atoms with Crippen LogP contribution in [-0.4, -0.2) is 27.8 Å². The highest BCUT2D eigenvalue weighted by Crippen LogP contribution is 2.21. The van der Waals surface area contributed by atoms with Crippen LogP contribution >= 0.6 is 0 Å². The Balaban J connectivity index is 2.11. The van der Waals surface area contributed by atoms with Crippen LogP contribution in [0.15, 0.2) is 56.7 Å². The van der Waals surface area contributed by atoms with E-state index in [1.807, 2.05) is 12.1 Å². The summed E-state index contributed by atoms with van der Waals surface area (Å²) in [5, 5.41) is 0.588. The van der Waals surface area contributed by atoms with Crippen molar-refractivity contribution < 1.29 is 9.15 Å². The normalized spacial score (nSPS) is 11.5. The molecule has 0 spiro atoms. The molecule has 0 aliphatic heterocycles. The largest absolute Gasteiger partial charge is 0.461 e. The molecule has 27 heavy (non-hydrogen) atoms. The second-order valence-electron chi connectivity index (χ2n) is 6.32. The van der Waals surface area contributed by atoms with Crippen molar-refractivity contribution in [2.45, 2.75) is 13.0 Å². The van der Waals surface area contributed by atoms with E-state index in [-0.39, 0.29) is 16.4 Å². The third-order valence-corrected chi connectivity index (χ3v) is 4.68. The maximum absolute atomic E-state index is 13.3. The molecule has 0 fully saturated rings. The van der Waals surface area contributed by atoms with Gasteiger partial charge in [-0.2, -0.15) is 0 Å². The first-order valence-corrected chi connectivity index (χ1v) is 8.68. The monoisotopic (exact) mass is 365 g/mol. The number of hydrogen-bond acceptors (Lipinski definition) is 5. The van der Waals surface area contributed by atoms with E-state index in [1.165, 1.54) is 10.8 Å². The fourth-order valence-electron chi connectivity index (χ4n) is 3.36. The molecule has 0 saturated carbocycles. The molecule has 4 rings (SSSR count). The number of benzene rings is 1. The molecule has 0 atom stereocenters. The first-order valence-electron chi connectivity index (χ1n) is 8.68. The van der Waals surface area contributed by atoms with Crippen LogP contribution in [-0.2, 0) is 18.3 Å². The SMILES string of the molecule is COCCCn1c(-c2ccco2)nc2c(c(=O)c3ccccc3n2C)c1=O. The van der Waals surface area contributed by atoms with E-state index < -0.39 is 0 Å². The van der Waals surface area contributed by atoms with Gasteiger partial charge in [-0.1, -0.05) is 12.1 Å². The van der Waals surface area contributed by atoms with Crippen LogP contribution in [0, 0.1) is 0 Å². The Bertz CT molecular complexity index is 1240. The number of aromatic nitrogens is 3. The number of fused-ring (bicyclic) bond motifs is 2. The zero-order chi connectivity index (χ0) is 19.0. The van der Waals surface area contributed by atoms with Crippen molar-refractivity contribution in [3.63, 3.8) is 0 Å². The van der Waals surface area contributed by atoms with Gasteiger partial charge in [-0.15, -0.1) is 0 Å². The van der Waals surface area contributed by atoms with Crippen LogP contribution in [0.4, 0.5) is 0 Å². The number of hydrogen-bond donors (Lipinski definition) is 0. The van der Waals surface area contributed by atoms with Gasteiger partial charge in [0.2, 0.25) is 5.43 Å². The fourth-order valence-corrected chi connectivity index (χ4v) is 3.36. The van der Waals surface area contributed by atoms with Crippen LogP contribution in [0.5, 0.6) is 0 Å². The molecule has 0 saturated heterocycles. The molecule has 0 aliphatic carbocycles. The Kier molecular flexibility index (Phi) is 4.37. The van der Waals surface area contributed by atoms with Crippen molar-refractivity contribution in [3.8, 4) is 11.6 Å². The van der Waals surface area contributed by atoms with Crippen LogP contribution in [0.25, 0.3) is 33.5 Å². The summed E-state index contributed by atoms with van der Waals surface area (Å²) in [6.45, 7) is 0.874. The number of furan rings is 1. The van der Waals surface area contributed by atoms with E-state index in [0.717, 1.165) is 5.52 Å². The van der Waals surface area contributed by atoms with E-state index in [2.05, 4.69) is 4.98 Å². The summed E-state index contributed by atoms with van der Waals surface area (Å²) in [6, 6.07) is 10.7. The van der Waals surface area contributed by atoms with E-state index in [9.17, 15) is 9.59 Å². The third kappa shape index (κ3) is 2.76. The Morgan fingerprint density at radius 1 is 1.15 bits per heavy atom. The van der Waals surface area contributed by atoms with Crippen molar-refractivity contribution in [2.24, 2.45) is 7.05 Å². The minimum atomic E-state index is -0.367. The Labute approximate surface area is 154 Å². The zero-order valence-electron chi connectivity index (χ0n) is 15.1. The number of pyridine rings is 1. The van der Waals surface area contributed by atoms with Gasteiger partial charge < -0.3 is 13.7 Å². The molecule has 3 aromatic heterocycles. The lowest BCUT2D eigenvalue weighted by molar-refractivity contribution is 0.190. The minimum absolute atomic E-state index is 0.0870. The molecule has 7 heteroatoms. The zero-order valence-corrected chi connectivity index (χ0v) is 15.1. The van der Waals surface area contributed by atoms with Crippen molar-refractivity contribution in [1.29, 1.82) is 0 Å². The molecule has 138 valence electrons. The summed E-state index contributed by atoms with van der Waals surface area (Å²) < 4.78 is 13.9. The van der Waals surface area contributed by atoms with Crippen LogP contribution < -0.4 is 11.0 Å². The van der Waals surface area contributed by atoms with Gasteiger partial charge in [0, 0.05) is 32.7 Å². The quantitative estimate of drug-likeness (QED) is 0.401. The number of nitrogens with zero attached hydrogens (tertiary/aromatic N) is 3. The molecular formula is C20H19N3O4. The number of rotatable bonds is 5. The highest BCUT2D eigenvalue weighted by Gasteiger charge is 2.19. The lowest BCUT2D eigenvalue weighted by Gasteiger charge is -2.15. The van der Waals surface area contributed by atoms with E-state index in [0.29, 0.717) is 42.2 Å². The first kappa shape index (κ1) is 17.2. The fraction of sp³-hybridized carbons (Fsp3) is 0.250. The number of ether oxygens (including phenoxy) is 1. The minimum Gasteiger partial charge on any atom is -0.461 e. The topological polar surface area (TPSA) is 79.3 Å². The number of para-hydroxylation sites is 1. The van der Waals surface area contributed by atoms with Gasteiger partial charge in [-0.3, -0.25) is 14.2 Å². The van der Waals surface area contributed by atoms with E-state index in [4.69, 9.17) is 9.15 Å². The predicted molar refractivity (Wildman–Crippen MR) is 103 cm³/mol. The van der Waals surface area contributed by atoms with Crippen LogP contribution in [0.2, 0.25) is 0 Å². The molecular weight excluding hydrogens is 346 g/mol. The van der Waals surface area contributed by atoms with Gasteiger partial charge in [0.1, 0.15) is 5.39 Å². The van der Waals surface area contributed by atoms with Crippen LogP contribution in [0.3, 0.4) is 0 Å². The number of methoxy groups -OCH3 is 1. The van der Waals surface area contributed by atoms with Gasteiger partial charge >= 0.3 is 0 Å². The van der Waals surface area contributed by atoms with Crippen molar-refractivity contribution >= 4 is 21.9 Å². The highest BCUT2D eigenvalue weighted by molar-refractivity contribution is 5.91. The predicted octanol–water partition coefficient (Wildman–Crippen LogP) is 2.54. The Morgan fingerprint density at radius 2 is 1.96 bits per heavy atom. The van der Waals surface area contributed by atoms with Gasteiger partial charge in [0.15, 0.2) is 17.2 Å². The van der Waals surface area contributed by atoms with Crippen molar-refractivity contribution in [2.75, 3.05) is 13.7 Å². The summed E-state index contributed by atoms with van der Waals surface area (Å²) in [5.74, 6) is 0.880. The highest BCUT2D eigenvalue weighted by atomic mass is 16.5. The van der Waals surface area contributed by atoms with Crippen LogP contribution in [0.1, 0.15) is 6.42 Å². The number of aryl methyl sites for hydroxylation is 1. The smallest absolute Gasteiger partial charge is 0.267 e. The third-order valence-electron chi connectivity index (χ3n) is 4.68. The molecule has 3 heterocycles. The second kappa shape index (κ2) is 6.85. The Morgan fingerprint density at radius 3 is 2.70 bits per heavy atom. The van der Waals surface area contributed by atoms with E-state index >= 15 is 0 Å².